The Labute approximate surface area is 126 Å². The SMILES string of the molecule is CCNC(=O)N1CC[C@H](N[C@@H](C)c2cnn(C(C)C)c2)C1. The van der Waals surface area contributed by atoms with E-state index in [2.05, 4.69) is 42.7 Å². The second kappa shape index (κ2) is 6.93. The normalized spacial score (nSPS) is 20.0. The van der Waals surface area contributed by atoms with Gasteiger partial charge in [0.15, 0.2) is 0 Å². The summed E-state index contributed by atoms with van der Waals surface area (Å²) >= 11 is 0. The van der Waals surface area contributed by atoms with Gasteiger partial charge in [-0.25, -0.2) is 4.79 Å². The molecule has 0 radical (unpaired) electrons. The summed E-state index contributed by atoms with van der Waals surface area (Å²) in [6.07, 6.45) is 5.02. The van der Waals surface area contributed by atoms with Crippen molar-refractivity contribution in [3.05, 3.63) is 18.0 Å². The maximum Gasteiger partial charge on any atom is 0.317 e. The molecule has 0 aromatic carbocycles. The highest BCUT2D eigenvalue weighted by molar-refractivity contribution is 5.74. The van der Waals surface area contributed by atoms with Crippen LogP contribution in [0.5, 0.6) is 0 Å². The van der Waals surface area contributed by atoms with Crippen LogP contribution < -0.4 is 10.6 Å². The molecule has 2 heterocycles. The lowest BCUT2D eigenvalue weighted by atomic mass is 10.1. The number of carbonyl (C=O) groups excluding carboxylic acids is 1. The first-order chi connectivity index (χ1) is 10.0. The van der Waals surface area contributed by atoms with Crippen molar-refractivity contribution in [3.63, 3.8) is 0 Å². The predicted octanol–water partition coefficient (Wildman–Crippen LogP) is 1.92. The van der Waals surface area contributed by atoms with Crippen molar-refractivity contribution in [2.24, 2.45) is 0 Å². The second-order valence-corrected chi connectivity index (χ2v) is 6.00. The molecule has 2 amide bonds. The molecule has 2 N–H and O–H groups in total. The number of carbonyl (C=O) groups is 1. The zero-order valence-electron chi connectivity index (χ0n) is 13.5. The highest BCUT2D eigenvalue weighted by Gasteiger charge is 2.27. The van der Waals surface area contributed by atoms with Gasteiger partial charge in [-0.2, -0.15) is 5.10 Å². The molecular formula is C15H27N5O. The Bertz CT molecular complexity index is 470. The third kappa shape index (κ3) is 3.97. The molecule has 6 heteroatoms. The van der Waals surface area contributed by atoms with E-state index in [0.717, 1.165) is 19.5 Å². The molecule has 1 aliphatic rings. The molecule has 2 rings (SSSR count). The zero-order valence-corrected chi connectivity index (χ0v) is 13.5. The largest absolute Gasteiger partial charge is 0.338 e. The highest BCUT2D eigenvalue weighted by Crippen LogP contribution is 2.17. The first kappa shape index (κ1) is 15.8. The maximum atomic E-state index is 11.8. The first-order valence-corrected chi connectivity index (χ1v) is 7.84. The van der Waals surface area contributed by atoms with E-state index >= 15 is 0 Å². The number of hydrogen-bond donors (Lipinski definition) is 2. The summed E-state index contributed by atoms with van der Waals surface area (Å²) in [5.74, 6) is 0. The van der Waals surface area contributed by atoms with Gasteiger partial charge in [0.1, 0.15) is 0 Å². The summed E-state index contributed by atoms with van der Waals surface area (Å²) in [6.45, 7) is 10.6. The number of urea groups is 1. The van der Waals surface area contributed by atoms with Gasteiger partial charge >= 0.3 is 6.03 Å². The lowest BCUT2D eigenvalue weighted by Crippen LogP contribution is -2.41. The van der Waals surface area contributed by atoms with Gasteiger partial charge in [-0.3, -0.25) is 4.68 Å². The van der Waals surface area contributed by atoms with Gasteiger partial charge in [-0.05, 0) is 34.1 Å². The van der Waals surface area contributed by atoms with Gasteiger partial charge < -0.3 is 15.5 Å². The van der Waals surface area contributed by atoms with Crippen LogP contribution in [0.4, 0.5) is 4.79 Å². The van der Waals surface area contributed by atoms with Crippen LogP contribution in [0.25, 0.3) is 0 Å². The summed E-state index contributed by atoms with van der Waals surface area (Å²) in [7, 11) is 0. The van der Waals surface area contributed by atoms with E-state index in [1.54, 1.807) is 0 Å². The van der Waals surface area contributed by atoms with Crippen molar-refractivity contribution in [1.29, 1.82) is 0 Å². The molecule has 21 heavy (non-hydrogen) atoms. The minimum absolute atomic E-state index is 0.0436. The molecule has 6 nitrogen and oxygen atoms in total. The summed E-state index contributed by atoms with van der Waals surface area (Å²) in [5.41, 5.74) is 1.19. The maximum absolute atomic E-state index is 11.8. The van der Waals surface area contributed by atoms with E-state index in [1.165, 1.54) is 5.56 Å². The lowest BCUT2D eigenvalue weighted by molar-refractivity contribution is 0.208. The van der Waals surface area contributed by atoms with E-state index < -0.39 is 0 Å². The Morgan fingerprint density at radius 2 is 2.24 bits per heavy atom. The molecule has 0 bridgehead atoms. The molecule has 1 fully saturated rings. The van der Waals surface area contributed by atoms with Crippen LogP contribution in [0.3, 0.4) is 0 Å². The molecule has 2 atom stereocenters. The number of rotatable bonds is 5. The standard InChI is InChI=1S/C15H27N5O/c1-5-16-15(21)19-7-6-14(10-19)18-12(4)13-8-17-20(9-13)11(2)3/h8-9,11-12,14,18H,5-7,10H2,1-4H3,(H,16,21)/t12-,14-/m0/s1. The molecule has 1 aromatic heterocycles. The van der Waals surface area contributed by atoms with Crippen LogP contribution in [0.2, 0.25) is 0 Å². The van der Waals surface area contributed by atoms with Crippen molar-refractivity contribution in [2.45, 2.75) is 52.2 Å². The average molecular weight is 293 g/mol. The molecule has 118 valence electrons. The highest BCUT2D eigenvalue weighted by atomic mass is 16.2. The van der Waals surface area contributed by atoms with Crippen LogP contribution in [-0.4, -0.2) is 46.4 Å². The van der Waals surface area contributed by atoms with Crippen LogP contribution >= 0.6 is 0 Å². The van der Waals surface area contributed by atoms with E-state index in [-0.39, 0.29) is 12.1 Å². The Balaban J connectivity index is 1.86. The monoisotopic (exact) mass is 293 g/mol. The molecular weight excluding hydrogens is 266 g/mol. The first-order valence-electron chi connectivity index (χ1n) is 7.84. The lowest BCUT2D eigenvalue weighted by Gasteiger charge is -2.20. The number of hydrogen-bond acceptors (Lipinski definition) is 3. The van der Waals surface area contributed by atoms with Crippen molar-refractivity contribution in [3.8, 4) is 0 Å². The Morgan fingerprint density at radius 1 is 1.48 bits per heavy atom. The van der Waals surface area contributed by atoms with Crippen LogP contribution in [-0.2, 0) is 0 Å². The van der Waals surface area contributed by atoms with E-state index in [4.69, 9.17) is 0 Å². The summed E-state index contributed by atoms with van der Waals surface area (Å²) < 4.78 is 1.98. The molecule has 0 spiro atoms. The minimum Gasteiger partial charge on any atom is -0.338 e. The van der Waals surface area contributed by atoms with Crippen molar-refractivity contribution in [2.75, 3.05) is 19.6 Å². The number of nitrogens with zero attached hydrogens (tertiary/aromatic N) is 3. The summed E-state index contributed by atoms with van der Waals surface area (Å²) in [6, 6.07) is 1.02. The summed E-state index contributed by atoms with van der Waals surface area (Å²) in [4.78, 5) is 13.7. The average Bonchev–Trinajstić information content (AvgIpc) is 3.07. The quantitative estimate of drug-likeness (QED) is 0.872. The zero-order chi connectivity index (χ0) is 15.4. The smallest absolute Gasteiger partial charge is 0.317 e. The Kier molecular flexibility index (Phi) is 5.22. The molecule has 1 aromatic rings. The molecule has 1 saturated heterocycles. The fourth-order valence-corrected chi connectivity index (χ4v) is 2.65. The number of aromatic nitrogens is 2. The minimum atomic E-state index is 0.0436. The van der Waals surface area contributed by atoms with Gasteiger partial charge in [0.25, 0.3) is 0 Å². The van der Waals surface area contributed by atoms with E-state index in [0.29, 0.717) is 18.6 Å². The van der Waals surface area contributed by atoms with E-state index in [1.807, 2.05) is 22.7 Å². The number of amides is 2. The van der Waals surface area contributed by atoms with Gasteiger partial charge in [0, 0.05) is 49.5 Å². The van der Waals surface area contributed by atoms with Crippen molar-refractivity contribution in [1.82, 2.24) is 25.3 Å². The fourth-order valence-electron chi connectivity index (χ4n) is 2.65. The fraction of sp³-hybridized carbons (Fsp3) is 0.733. The van der Waals surface area contributed by atoms with Gasteiger partial charge in [-0.1, -0.05) is 0 Å². The van der Waals surface area contributed by atoms with Gasteiger partial charge in [0.2, 0.25) is 0 Å². The number of nitrogens with one attached hydrogen (secondary N) is 2. The molecule has 0 unspecified atom stereocenters. The molecule has 1 aliphatic heterocycles. The Hall–Kier alpha value is -1.56. The van der Waals surface area contributed by atoms with Crippen LogP contribution in [0.15, 0.2) is 12.4 Å². The van der Waals surface area contributed by atoms with Crippen LogP contribution in [0.1, 0.15) is 51.8 Å². The molecule has 0 saturated carbocycles. The van der Waals surface area contributed by atoms with Gasteiger partial charge in [-0.15, -0.1) is 0 Å². The third-order valence-electron chi connectivity index (χ3n) is 3.94. The predicted molar refractivity (Wildman–Crippen MR) is 83.2 cm³/mol. The Morgan fingerprint density at radius 3 is 2.86 bits per heavy atom. The van der Waals surface area contributed by atoms with Crippen molar-refractivity contribution >= 4 is 6.03 Å². The number of likely N-dealkylation sites (tertiary alicyclic amines) is 1. The van der Waals surface area contributed by atoms with Gasteiger partial charge in [0.05, 0.1) is 6.20 Å². The summed E-state index contributed by atoms with van der Waals surface area (Å²) in [5, 5.41) is 10.8. The molecule has 0 aliphatic carbocycles. The second-order valence-electron chi connectivity index (χ2n) is 6.00. The topological polar surface area (TPSA) is 62.2 Å². The third-order valence-corrected chi connectivity index (χ3v) is 3.94. The van der Waals surface area contributed by atoms with E-state index in [9.17, 15) is 4.79 Å². The van der Waals surface area contributed by atoms with Crippen LogP contribution in [0, 0.1) is 0 Å². The van der Waals surface area contributed by atoms with Crippen molar-refractivity contribution < 1.29 is 4.79 Å².